The fourth-order valence-corrected chi connectivity index (χ4v) is 0.359. The number of hydrogen-bond donors (Lipinski definition) is 2. The first-order valence-corrected chi connectivity index (χ1v) is 3.18. The third-order valence-corrected chi connectivity index (χ3v) is 0.738. The highest BCUT2D eigenvalue weighted by Crippen LogP contribution is 1.86. The Balaban J connectivity index is 3.09. The smallest absolute Gasteiger partial charge is 0.407 e. The van der Waals surface area contributed by atoms with E-state index in [2.05, 4.69) is 10.1 Å². The van der Waals surface area contributed by atoms with E-state index in [-0.39, 0.29) is 13.2 Å². The molecule has 0 saturated heterocycles. The van der Waals surface area contributed by atoms with Crippen LogP contribution in [0, 0.1) is 6.61 Å². The molecule has 0 heterocycles. The largest absolute Gasteiger partial charge is 0.442 e. The Bertz CT molecular complexity index is 85.0. The van der Waals surface area contributed by atoms with Gasteiger partial charge in [0.25, 0.3) is 0 Å². The molecule has 0 aromatic carbocycles. The molecule has 0 rings (SSSR count). The first-order chi connectivity index (χ1) is 4.81. The van der Waals surface area contributed by atoms with Crippen molar-refractivity contribution in [3.63, 3.8) is 0 Å². The first kappa shape index (κ1) is 9.23. The van der Waals surface area contributed by atoms with Crippen LogP contribution >= 0.6 is 0 Å². The Morgan fingerprint density at radius 1 is 1.80 bits per heavy atom. The first-order valence-electron chi connectivity index (χ1n) is 3.18. The van der Waals surface area contributed by atoms with Gasteiger partial charge in [-0.1, -0.05) is 6.92 Å². The molecule has 59 valence electrons. The number of carbonyl (C=O) groups excluding carboxylic acids is 1. The van der Waals surface area contributed by atoms with Crippen LogP contribution in [0.25, 0.3) is 0 Å². The van der Waals surface area contributed by atoms with Gasteiger partial charge in [0.15, 0.2) is 0 Å². The number of rotatable bonds is 4. The number of aliphatic hydroxyl groups is 1. The predicted molar refractivity (Wildman–Crippen MR) is 36.2 cm³/mol. The molecular formula is C6H12NO3. The highest BCUT2D eigenvalue weighted by molar-refractivity contribution is 5.67. The average molecular weight is 146 g/mol. The molecule has 0 bridgehead atoms. The van der Waals surface area contributed by atoms with Gasteiger partial charge in [0.05, 0.1) is 6.61 Å². The summed E-state index contributed by atoms with van der Waals surface area (Å²) in [4.78, 5) is 10.5. The van der Waals surface area contributed by atoms with Crippen LogP contribution in [0.15, 0.2) is 0 Å². The third kappa shape index (κ3) is 5.37. The number of alkyl carbamates (subject to hydrolysis) is 1. The van der Waals surface area contributed by atoms with Crippen molar-refractivity contribution in [1.29, 1.82) is 0 Å². The van der Waals surface area contributed by atoms with Crippen LogP contribution in [0.4, 0.5) is 4.79 Å². The molecule has 0 aromatic heterocycles. The summed E-state index contributed by atoms with van der Waals surface area (Å²) < 4.78 is 4.51. The Morgan fingerprint density at radius 3 is 3.00 bits per heavy atom. The number of carbonyl (C=O) groups is 1. The zero-order valence-electron chi connectivity index (χ0n) is 5.96. The topological polar surface area (TPSA) is 58.6 Å². The van der Waals surface area contributed by atoms with Gasteiger partial charge in [-0.3, -0.25) is 0 Å². The second kappa shape index (κ2) is 6.35. The Labute approximate surface area is 60.2 Å². The lowest BCUT2D eigenvalue weighted by molar-refractivity contribution is 0.166. The summed E-state index contributed by atoms with van der Waals surface area (Å²) in [6.07, 6.45) is 0.169. The molecule has 0 fully saturated rings. The quantitative estimate of drug-likeness (QED) is 0.598. The van der Waals surface area contributed by atoms with Gasteiger partial charge in [-0.25, -0.2) is 4.79 Å². The van der Waals surface area contributed by atoms with Gasteiger partial charge in [-0.2, -0.15) is 0 Å². The van der Waals surface area contributed by atoms with Gasteiger partial charge in [-0.05, 0) is 6.42 Å². The van der Waals surface area contributed by atoms with Gasteiger partial charge in [0.2, 0.25) is 0 Å². The van der Waals surface area contributed by atoms with Gasteiger partial charge >= 0.3 is 6.09 Å². The molecule has 0 atom stereocenters. The molecule has 1 radical (unpaired) electrons. The van der Waals surface area contributed by atoms with E-state index in [4.69, 9.17) is 5.11 Å². The van der Waals surface area contributed by atoms with Crippen LogP contribution in [0.5, 0.6) is 0 Å². The van der Waals surface area contributed by atoms with E-state index < -0.39 is 6.09 Å². The number of amides is 1. The minimum atomic E-state index is -0.518. The lowest BCUT2D eigenvalue weighted by Crippen LogP contribution is -2.26. The molecule has 1 amide bonds. The molecule has 4 heteroatoms. The van der Waals surface area contributed by atoms with Crippen molar-refractivity contribution >= 4 is 6.09 Å². The highest BCUT2D eigenvalue weighted by atomic mass is 16.5. The summed E-state index contributed by atoms with van der Waals surface area (Å²) in [5.41, 5.74) is 0. The summed E-state index contributed by atoms with van der Waals surface area (Å²) in [5, 5.41) is 10.6. The maximum absolute atomic E-state index is 10.5. The molecule has 0 aliphatic heterocycles. The molecule has 4 nitrogen and oxygen atoms in total. The summed E-state index contributed by atoms with van der Waals surface area (Å²) >= 11 is 0. The van der Waals surface area contributed by atoms with Gasteiger partial charge in [0.1, 0.15) is 6.61 Å². The van der Waals surface area contributed by atoms with Crippen LogP contribution in [-0.4, -0.2) is 24.4 Å². The lowest BCUT2D eigenvalue weighted by atomic mass is 10.5. The Hall–Kier alpha value is -0.770. The predicted octanol–water partition coefficient (Wildman–Crippen LogP) is 0.277. The van der Waals surface area contributed by atoms with E-state index in [0.717, 1.165) is 0 Å². The maximum Gasteiger partial charge on any atom is 0.407 e. The number of nitrogens with one attached hydrogen (secondary N) is 1. The van der Waals surface area contributed by atoms with E-state index >= 15 is 0 Å². The Morgan fingerprint density at radius 2 is 2.50 bits per heavy atom. The molecule has 0 aliphatic rings. The van der Waals surface area contributed by atoms with Crippen molar-refractivity contribution in [3.05, 3.63) is 6.61 Å². The second-order valence-electron chi connectivity index (χ2n) is 1.63. The van der Waals surface area contributed by atoms with Gasteiger partial charge in [0, 0.05) is 6.54 Å². The van der Waals surface area contributed by atoms with Crippen LogP contribution in [0.3, 0.4) is 0 Å². The molecule has 10 heavy (non-hydrogen) atoms. The normalized spacial score (nSPS) is 9.00. The molecule has 0 aliphatic carbocycles. The van der Waals surface area contributed by atoms with E-state index in [1.54, 1.807) is 0 Å². The number of aliphatic hydroxyl groups excluding tert-OH is 1. The van der Waals surface area contributed by atoms with E-state index in [0.29, 0.717) is 6.42 Å². The summed E-state index contributed by atoms with van der Waals surface area (Å²) in [6.45, 7) is 3.42. The van der Waals surface area contributed by atoms with Crippen LogP contribution in [-0.2, 0) is 4.74 Å². The fraction of sp³-hybridized carbons (Fsp3) is 0.667. The molecule has 0 aromatic rings. The van der Waals surface area contributed by atoms with E-state index in [1.165, 1.54) is 6.61 Å². The summed E-state index contributed by atoms with van der Waals surface area (Å²) in [5.74, 6) is 0. The SMILES string of the molecule is CC[CH]OC(=O)NCCO. The monoisotopic (exact) mass is 146 g/mol. The van der Waals surface area contributed by atoms with Crippen molar-refractivity contribution in [2.45, 2.75) is 13.3 Å². The zero-order chi connectivity index (χ0) is 7.82. The molecule has 0 spiro atoms. The second-order valence-corrected chi connectivity index (χ2v) is 1.63. The summed E-state index contributed by atoms with van der Waals surface area (Å²) in [6, 6.07) is 0. The van der Waals surface area contributed by atoms with Crippen LogP contribution in [0.2, 0.25) is 0 Å². The van der Waals surface area contributed by atoms with Crippen molar-refractivity contribution in [3.8, 4) is 0 Å². The molecule has 2 N–H and O–H groups in total. The van der Waals surface area contributed by atoms with Crippen molar-refractivity contribution in [2.75, 3.05) is 13.2 Å². The summed E-state index contributed by atoms with van der Waals surface area (Å²) in [7, 11) is 0. The van der Waals surface area contributed by atoms with Crippen molar-refractivity contribution in [2.24, 2.45) is 0 Å². The van der Waals surface area contributed by atoms with Gasteiger partial charge in [-0.15, -0.1) is 0 Å². The molecule has 0 unspecified atom stereocenters. The number of ether oxygens (including phenoxy) is 1. The van der Waals surface area contributed by atoms with Crippen molar-refractivity contribution in [1.82, 2.24) is 5.32 Å². The fourth-order valence-electron chi connectivity index (χ4n) is 0.359. The zero-order valence-corrected chi connectivity index (χ0v) is 5.96. The lowest BCUT2D eigenvalue weighted by Gasteiger charge is -2.01. The minimum absolute atomic E-state index is 0.0682. The van der Waals surface area contributed by atoms with Crippen molar-refractivity contribution < 1.29 is 14.6 Å². The van der Waals surface area contributed by atoms with Crippen LogP contribution in [0.1, 0.15) is 13.3 Å². The molecular weight excluding hydrogens is 134 g/mol. The van der Waals surface area contributed by atoms with Gasteiger partial charge < -0.3 is 15.2 Å². The molecule has 0 saturated carbocycles. The third-order valence-electron chi connectivity index (χ3n) is 0.738. The van der Waals surface area contributed by atoms with E-state index in [1.807, 2.05) is 6.92 Å². The minimum Gasteiger partial charge on any atom is -0.442 e. The average Bonchev–Trinajstić information content (AvgIpc) is 1.97. The van der Waals surface area contributed by atoms with E-state index in [9.17, 15) is 4.79 Å². The number of hydrogen-bond acceptors (Lipinski definition) is 3. The maximum atomic E-state index is 10.5. The van der Waals surface area contributed by atoms with Crippen LogP contribution < -0.4 is 5.32 Å². The Kier molecular flexibility index (Phi) is 5.86. The highest BCUT2D eigenvalue weighted by Gasteiger charge is 1.97. The standard InChI is InChI=1S/C6H12NO3/c1-2-5-10-6(9)7-3-4-8/h5,8H,2-4H2,1H3,(H,7,9).